The molecule has 0 saturated heterocycles. The van der Waals surface area contributed by atoms with Gasteiger partial charge in [0.1, 0.15) is 0 Å². The van der Waals surface area contributed by atoms with Crippen molar-refractivity contribution in [2.45, 2.75) is 19.4 Å². The van der Waals surface area contributed by atoms with Gasteiger partial charge in [-0.1, -0.05) is 31.2 Å². The first-order valence-corrected chi connectivity index (χ1v) is 7.33. The maximum Gasteiger partial charge on any atom is 0.0946 e. The minimum atomic E-state index is 0.107. The van der Waals surface area contributed by atoms with Crippen LogP contribution in [-0.4, -0.2) is 21.1 Å². The maximum absolute atomic E-state index is 4.41. The molecule has 2 heterocycles. The number of nitrogens with zero attached hydrogens (tertiary/aromatic N) is 3. The van der Waals surface area contributed by atoms with Gasteiger partial charge in [-0.2, -0.15) is 0 Å². The summed E-state index contributed by atoms with van der Waals surface area (Å²) in [5, 5.41) is 6.03. The molecule has 4 nitrogen and oxygen atoms in total. The van der Waals surface area contributed by atoms with Crippen molar-refractivity contribution in [3.8, 4) is 0 Å². The van der Waals surface area contributed by atoms with E-state index in [2.05, 4.69) is 45.0 Å². The largest absolute Gasteiger partial charge is 0.336 e. The molecule has 0 bridgehead atoms. The number of fused-ring (bicyclic) bond motifs is 1. The van der Waals surface area contributed by atoms with E-state index in [9.17, 15) is 0 Å². The number of nitrogens with one attached hydrogen (secondary N) is 1. The molecule has 2 aromatic heterocycles. The second kappa shape index (κ2) is 6.06. The maximum atomic E-state index is 4.41. The molecule has 0 aliphatic rings. The summed E-state index contributed by atoms with van der Waals surface area (Å²) in [5.41, 5.74) is 2.35. The summed E-state index contributed by atoms with van der Waals surface area (Å²) >= 11 is 0. The number of hydrogen-bond acceptors (Lipinski definition) is 3. The standard InChI is InChI=1S/C17H20N4/c1-3-8-20-17(16-11-19-12-21(16)2)15-10-18-9-13-6-4-5-7-14(13)15/h4-7,9-12,17,20H,3,8H2,1-2H3. The Balaban J connectivity index is 2.12. The average molecular weight is 280 g/mol. The quantitative estimate of drug-likeness (QED) is 0.781. The van der Waals surface area contributed by atoms with Gasteiger partial charge in [0.15, 0.2) is 0 Å². The molecule has 0 radical (unpaired) electrons. The van der Waals surface area contributed by atoms with Crippen LogP contribution in [0.3, 0.4) is 0 Å². The van der Waals surface area contributed by atoms with E-state index in [-0.39, 0.29) is 6.04 Å². The Labute approximate surface area is 124 Å². The van der Waals surface area contributed by atoms with Gasteiger partial charge in [-0.3, -0.25) is 4.98 Å². The van der Waals surface area contributed by atoms with Crippen LogP contribution >= 0.6 is 0 Å². The molecule has 0 amide bonds. The fourth-order valence-corrected chi connectivity index (χ4v) is 2.68. The van der Waals surface area contributed by atoms with Crippen molar-refractivity contribution in [3.05, 3.63) is 60.4 Å². The topological polar surface area (TPSA) is 42.7 Å². The third-order valence-electron chi connectivity index (χ3n) is 3.76. The minimum absolute atomic E-state index is 0.107. The van der Waals surface area contributed by atoms with Gasteiger partial charge < -0.3 is 9.88 Å². The van der Waals surface area contributed by atoms with E-state index in [1.165, 1.54) is 16.3 Å². The van der Waals surface area contributed by atoms with Crippen molar-refractivity contribution in [2.24, 2.45) is 7.05 Å². The van der Waals surface area contributed by atoms with Crippen LogP contribution in [0.4, 0.5) is 0 Å². The number of hydrogen-bond donors (Lipinski definition) is 1. The summed E-state index contributed by atoms with van der Waals surface area (Å²) in [5.74, 6) is 0. The molecule has 0 spiro atoms. The lowest BCUT2D eigenvalue weighted by atomic mass is 9.99. The Morgan fingerprint density at radius 1 is 1.14 bits per heavy atom. The highest BCUT2D eigenvalue weighted by Gasteiger charge is 2.19. The van der Waals surface area contributed by atoms with E-state index in [4.69, 9.17) is 0 Å². The summed E-state index contributed by atoms with van der Waals surface area (Å²) in [6.45, 7) is 3.13. The summed E-state index contributed by atoms with van der Waals surface area (Å²) in [6.07, 6.45) is 8.73. The van der Waals surface area contributed by atoms with Gasteiger partial charge in [-0.15, -0.1) is 0 Å². The van der Waals surface area contributed by atoms with Crippen LogP contribution in [0.1, 0.15) is 30.6 Å². The minimum Gasteiger partial charge on any atom is -0.336 e. The molecule has 0 fully saturated rings. The lowest BCUT2D eigenvalue weighted by molar-refractivity contribution is 0.571. The third kappa shape index (κ3) is 2.67. The average Bonchev–Trinajstić information content (AvgIpc) is 2.94. The van der Waals surface area contributed by atoms with Crippen molar-refractivity contribution in [3.63, 3.8) is 0 Å². The fourth-order valence-electron chi connectivity index (χ4n) is 2.68. The van der Waals surface area contributed by atoms with E-state index >= 15 is 0 Å². The summed E-state index contributed by atoms with van der Waals surface area (Å²) < 4.78 is 2.06. The number of rotatable bonds is 5. The summed E-state index contributed by atoms with van der Waals surface area (Å²) in [6, 6.07) is 8.49. The van der Waals surface area contributed by atoms with E-state index in [0.717, 1.165) is 18.7 Å². The molecule has 1 aromatic carbocycles. The van der Waals surface area contributed by atoms with Crippen molar-refractivity contribution in [2.75, 3.05) is 6.54 Å². The van der Waals surface area contributed by atoms with Crippen LogP contribution in [0, 0.1) is 0 Å². The van der Waals surface area contributed by atoms with E-state index in [0.29, 0.717) is 0 Å². The lowest BCUT2D eigenvalue weighted by Gasteiger charge is -2.20. The molecule has 108 valence electrons. The van der Waals surface area contributed by atoms with Crippen LogP contribution in [0.15, 0.2) is 49.2 Å². The van der Waals surface area contributed by atoms with E-state index in [1.54, 1.807) is 0 Å². The predicted molar refractivity (Wildman–Crippen MR) is 85.1 cm³/mol. The zero-order valence-corrected chi connectivity index (χ0v) is 12.5. The monoisotopic (exact) mass is 280 g/mol. The highest BCUT2D eigenvalue weighted by molar-refractivity contribution is 5.85. The predicted octanol–water partition coefficient (Wildman–Crippen LogP) is 3.06. The van der Waals surface area contributed by atoms with Crippen LogP contribution in [0.25, 0.3) is 10.8 Å². The zero-order valence-electron chi connectivity index (χ0n) is 12.5. The normalized spacial score (nSPS) is 12.7. The van der Waals surface area contributed by atoms with Gasteiger partial charge in [0.05, 0.1) is 24.3 Å². The molecular weight excluding hydrogens is 260 g/mol. The van der Waals surface area contributed by atoms with Gasteiger partial charge in [-0.05, 0) is 18.4 Å². The molecule has 1 N–H and O–H groups in total. The zero-order chi connectivity index (χ0) is 14.7. The number of imidazole rings is 1. The van der Waals surface area contributed by atoms with Gasteiger partial charge in [-0.25, -0.2) is 4.98 Å². The van der Waals surface area contributed by atoms with Crippen LogP contribution < -0.4 is 5.32 Å². The molecule has 0 aliphatic heterocycles. The van der Waals surface area contributed by atoms with Gasteiger partial charge in [0.25, 0.3) is 0 Å². The molecule has 3 aromatic rings. The molecule has 4 heteroatoms. The number of pyridine rings is 1. The smallest absolute Gasteiger partial charge is 0.0946 e. The van der Waals surface area contributed by atoms with Crippen molar-refractivity contribution in [1.29, 1.82) is 0 Å². The number of aryl methyl sites for hydroxylation is 1. The first kappa shape index (κ1) is 13.8. The second-order valence-electron chi connectivity index (χ2n) is 5.27. The lowest BCUT2D eigenvalue weighted by Crippen LogP contribution is -2.25. The highest BCUT2D eigenvalue weighted by Crippen LogP contribution is 2.27. The highest BCUT2D eigenvalue weighted by atomic mass is 15.1. The van der Waals surface area contributed by atoms with Crippen molar-refractivity contribution < 1.29 is 0 Å². The first-order valence-electron chi connectivity index (χ1n) is 7.33. The molecule has 0 aliphatic carbocycles. The van der Waals surface area contributed by atoms with E-state index in [1.807, 2.05) is 38.0 Å². The molecule has 1 atom stereocenters. The van der Waals surface area contributed by atoms with Crippen LogP contribution in [-0.2, 0) is 7.05 Å². The Bertz CT molecular complexity index is 727. The molecule has 21 heavy (non-hydrogen) atoms. The SMILES string of the molecule is CCCNC(c1cncc2ccccc12)c1cncn1C. The second-order valence-corrected chi connectivity index (χ2v) is 5.27. The van der Waals surface area contributed by atoms with Crippen LogP contribution in [0.2, 0.25) is 0 Å². The van der Waals surface area contributed by atoms with Crippen molar-refractivity contribution in [1.82, 2.24) is 19.9 Å². The number of aromatic nitrogens is 3. The molecule has 3 rings (SSSR count). The Kier molecular flexibility index (Phi) is 3.97. The fraction of sp³-hybridized carbons (Fsp3) is 0.294. The molecule has 1 unspecified atom stereocenters. The van der Waals surface area contributed by atoms with Crippen LogP contribution in [0.5, 0.6) is 0 Å². The van der Waals surface area contributed by atoms with Gasteiger partial charge in [0.2, 0.25) is 0 Å². The van der Waals surface area contributed by atoms with Crippen molar-refractivity contribution >= 4 is 10.8 Å². The Hall–Kier alpha value is -2.20. The first-order chi connectivity index (χ1) is 10.3. The summed E-state index contributed by atoms with van der Waals surface area (Å²) in [4.78, 5) is 8.67. The number of benzene rings is 1. The van der Waals surface area contributed by atoms with Gasteiger partial charge >= 0.3 is 0 Å². The third-order valence-corrected chi connectivity index (χ3v) is 3.76. The summed E-state index contributed by atoms with van der Waals surface area (Å²) in [7, 11) is 2.03. The molecular formula is C17H20N4. The molecule has 0 saturated carbocycles. The Morgan fingerprint density at radius 3 is 2.76 bits per heavy atom. The van der Waals surface area contributed by atoms with Gasteiger partial charge in [0, 0.05) is 30.4 Å². The van der Waals surface area contributed by atoms with E-state index < -0.39 is 0 Å². The Morgan fingerprint density at radius 2 is 2.00 bits per heavy atom.